The Labute approximate surface area is 147 Å². The van der Waals surface area contributed by atoms with Gasteiger partial charge in [-0.1, -0.05) is 23.2 Å². The quantitative estimate of drug-likeness (QED) is 0.534. The van der Waals surface area contributed by atoms with Crippen LogP contribution >= 0.6 is 23.2 Å². The third-order valence-corrected chi connectivity index (χ3v) is 4.16. The summed E-state index contributed by atoms with van der Waals surface area (Å²) in [4.78, 5) is 12.4. The van der Waals surface area contributed by atoms with Gasteiger partial charge in [0.15, 0.2) is 18.1 Å². The summed E-state index contributed by atoms with van der Waals surface area (Å²) in [6.45, 7) is -0.653. The van der Waals surface area contributed by atoms with Crippen LogP contribution in [-0.2, 0) is 9.47 Å². The molecule has 1 aliphatic rings. The Balaban J connectivity index is 2.30. The molecule has 5 atom stereocenters. The van der Waals surface area contributed by atoms with Gasteiger partial charge < -0.3 is 34.6 Å². The average molecular weight is 383 g/mol. The van der Waals surface area contributed by atoms with Crippen molar-refractivity contribution in [1.82, 2.24) is 0 Å². The first-order chi connectivity index (χ1) is 11.3. The van der Waals surface area contributed by atoms with E-state index in [1.54, 1.807) is 0 Å². The zero-order valence-electron chi connectivity index (χ0n) is 12.4. The van der Waals surface area contributed by atoms with Gasteiger partial charge in [-0.3, -0.25) is 0 Å². The van der Waals surface area contributed by atoms with Gasteiger partial charge >= 0.3 is 5.97 Å². The molecule has 1 heterocycles. The maximum Gasteiger partial charge on any atom is 0.343 e. The fourth-order valence-electron chi connectivity index (χ4n) is 2.31. The number of hydrogen-bond acceptors (Lipinski definition) is 8. The lowest BCUT2D eigenvalue weighted by Gasteiger charge is -2.39. The second-order valence-electron chi connectivity index (χ2n) is 5.04. The van der Waals surface area contributed by atoms with Gasteiger partial charge in [0.2, 0.25) is 0 Å². The molecule has 1 fully saturated rings. The first kappa shape index (κ1) is 19.2. The molecule has 1 aliphatic heterocycles. The number of benzene rings is 1. The van der Waals surface area contributed by atoms with Crippen LogP contribution in [0.25, 0.3) is 0 Å². The molecule has 4 N–H and O–H groups in total. The van der Waals surface area contributed by atoms with Crippen molar-refractivity contribution in [2.75, 3.05) is 13.7 Å². The first-order valence-corrected chi connectivity index (χ1v) is 7.60. The standard InChI is InChI=1S/C14H16Cl2O8/c1-22-11-6(16)3-2-5(15)8(11)13(20)24-12-9(18)7(4-17)23-14(21)10(12)19/h2-3,7,9-10,12,14,17-19,21H,4H2,1H3/t7-,9-,10-,12+,14+/m1/s1. The number of ether oxygens (including phenoxy) is 3. The molecule has 0 spiro atoms. The number of aliphatic hydroxyl groups is 4. The molecule has 134 valence electrons. The highest BCUT2D eigenvalue weighted by Crippen LogP contribution is 2.35. The topological polar surface area (TPSA) is 126 Å². The molecule has 1 aromatic rings. The minimum absolute atomic E-state index is 0.0171. The molecule has 1 saturated heterocycles. The summed E-state index contributed by atoms with van der Waals surface area (Å²) < 4.78 is 14.9. The summed E-state index contributed by atoms with van der Waals surface area (Å²) in [5, 5.41) is 38.7. The number of esters is 1. The molecule has 0 aliphatic carbocycles. The number of carbonyl (C=O) groups excluding carboxylic acids is 1. The third kappa shape index (κ3) is 3.60. The fraction of sp³-hybridized carbons (Fsp3) is 0.500. The minimum atomic E-state index is -1.75. The van der Waals surface area contributed by atoms with E-state index in [4.69, 9.17) is 42.5 Å². The van der Waals surface area contributed by atoms with Gasteiger partial charge in [-0.05, 0) is 12.1 Å². The van der Waals surface area contributed by atoms with E-state index in [0.29, 0.717) is 0 Å². The predicted molar refractivity (Wildman–Crippen MR) is 82.2 cm³/mol. The van der Waals surface area contributed by atoms with E-state index >= 15 is 0 Å². The van der Waals surface area contributed by atoms with Gasteiger partial charge in [0.1, 0.15) is 23.9 Å². The first-order valence-electron chi connectivity index (χ1n) is 6.85. The van der Waals surface area contributed by atoms with Crippen LogP contribution in [0.2, 0.25) is 10.0 Å². The molecule has 0 radical (unpaired) electrons. The Bertz CT molecular complexity index is 611. The van der Waals surface area contributed by atoms with Crippen molar-refractivity contribution in [2.24, 2.45) is 0 Å². The van der Waals surface area contributed by atoms with E-state index in [1.807, 2.05) is 0 Å². The Kier molecular flexibility index (Phi) is 6.27. The summed E-state index contributed by atoms with van der Waals surface area (Å²) in [7, 11) is 1.28. The zero-order valence-corrected chi connectivity index (χ0v) is 13.9. The van der Waals surface area contributed by atoms with Crippen molar-refractivity contribution in [3.8, 4) is 5.75 Å². The van der Waals surface area contributed by atoms with Crippen molar-refractivity contribution in [3.63, 3.8) is 0 Å². The minimum Gasteiger partial charge on any atom is -0.494 e. The number of methoxy groups -OCH3 is 1. The highest BCUT2D eigenvalue weighted by Gasteiger charge is 2.46. The van der Waals surface area contributed by atoms with Crippen LogP contribution in [0.4, 0.5) is 0 Å². The number of aliphatic hydroxyl groups excluding tert-OH is 4. The number of carbonyl (C=O) groups is 1. The van der Waals surface area contributed by atoms with Crippen LogP contribution in [0.15, 0.2) is 12.1 Å². The Morgan fingerprint density at radius 1 is 1.21 bits per heavy atom. The second kappa shape index (κ2) is 7.83. The van der Waals surface area contributed by atoms with Crippen LogP contribution in [0.5, 0.6) is 5.75 Å². The van der Waals surface area contributed by atoms with Crippen molar-refractivity contribution in [1.29, 1.82) is 0 Å². The molecule has 2 rings (SSSR count). The number of hydrogen-bond donors (Lipinski definition) is 4. The van der Waals surface area contributed by atoms with Crippen LogP contribution < -0.4 is 4.74 Å². The Morgan fingerprint density at radius 3 is 2.42 bits per heavy atom. The normalized spacial score (nSPS) is 30.0. The van der Waals surface area contributed by atoms with E-state index in [1.165, 1.54) is 19.2 Å². The van der Waals surface area contributed by atoms with Crippen molar-refractivity contribution < 1.29 is 39.4 Å². The fourth-order valence-corrected chi connectivity index (χ4v) is 2.77. The highest BCUT2D eigenvalue weighted by atomic mass is 35.5. The largest absolute Gasteiger partial charge is 0.494 e. The van der Waals surface area contributed by atoms with Crippen molar-refractivity contribution in [2.45, 2.75) is 30.7 Å². The monoisotopic (exact) mass is 382 g/mol. The number of rotatable bonds is 4. The van der Waals surface area contributed by atoms with Crippen LogP contribution in [-0.4, -0.2) is 70.8 Å². The molecule has 0 amide bonds. The van der Waals surface area contributed by atoms with Gasteiger partial charge in [0.25, 0.3) is 0 Å². The highest BCUT2D eigenvalue weighted by molar-refractivity contribution is 6.37. The molecule has 8 nitrogen and oxygen atoms in total. The summed E-state index contributed by atoms with van der Waals surface area (Å²) in [5.41, 5.74) is -0.201. The second-order valence-corrected chi connectivity index (χ2v) is 5.85. The molecule has 0 bridgehead atoms. The lowest BCUT2D eigenvalue weighted by molar-refractivity contribution is -0.285. The van der Waals surface area contributed by atoms with E-state index in [9.17, 15) is 20.1 Å². The molecule has 0 saturated carbocycles. The van der Waals surface area contributed by atoms with Gasteiger partial charge in [0.05, 0.1) is 23.8 Å². The summed E-state index contributed by atoms with van der Waals surface area (Å²) >= 11 is 11.9. The molecular weight excluding hydrogens is 367 g/mol. The predicted octanol–water partition coefficient (Wildman–Crippen LogP) is -0.0413. The zero-order chi connectivity index (χ0) is 18.0. The van der Waals surface area contributed by atoms with E-state index in [0.717, 1.165) is 0 Å². The van der Waals surface area contributed by atoms with Crippen molar-refractivity contribution >= 4 is 29.2 Å². The summed E-state index contributed by atoms with van der Waals surface area (Å²) in [6, 6.07) is 2.77. The van der Waals surface area contributed by atoms with E-state index in [-0.39, 0.29) is 21.4 Å². The van der Waals surface area contributed by atoms with Crippen molar-refractivity contribution in [3.05, 3.63) is 27.7 Å². The maximum absolute atomic E-state index is 12.4. The van der Waals surface area contributed by atoms with E-state index in [2.05, 4.69) is 0 Å². The molecule has 0 unspecified atom stereocenters. The average Bonchev–Trinajstić information content (AvgIpc) is 2.56. The smallest absolute Gasteiger partial charge is 0.343 e. The van der Waals surface area contributed by atoms with E-state index < -0.39 is 43.3 Å². The SMILES string of the molecule is COc1c(Cl)ccc(Cl)c1C(=O)O[C@@H]1[C@@H](O)[C@@H](O)O[C@H](CO)[C@H]1O. The van der Waals surface area contributed by atoms with Crippen LogP contribution in [0, 0.1) is 0 Å². The molecule has 1 aromatic carbocycles. The van der Waals surface area contributed by atoms with Gasteiger partial charge in [-0.15, -0.1) is 0 Å². The molecule has 0 aromatic heterocycles. The lowest BCUT2D eigenvalue weighted by Crippen LogP contribution is -2.59. The summed E-state index contributed by atoms with van der Waals surface area (Å²) in [6.07, 6.45) is -7.84. The molecule has 24 heavy (non-hydrogen) atoms. The Hall–Kier alpha value is -1.13. The summed E-state index contributed by atoms with van der Waals surface area (Å²) in [5.74, 6) is -1.07. The molecule has 10 heteroatoms. The number of halogens is 2. The third-order valence-electron chi connectivity index (χ3n) is 3.55. The molecular formula is C14H16Cl2O8. The van der Waals surface area contributed by atoms with Gasteiger partial charge in [-0.2, -0.15) is 0 Å². The Morgan fingerprint density at radius 2 is 1.83 bits per heavy atom. The lowest BCUT2D eigenvalue weighted by atomic mass is 9.99. The maximum atomic E-state index is 12.4. The van der Waals surface area contributed by atoms with Crippen LogP contribution in [0.3, 0.4) is 0 Å². The van der Waals surface area contributed by atoms with Gasteiger partial charge in [-0.25, -0.2) is 4.79 Å². The van der Waals surface area contributed by atoms with Gasteiger partial charge in [0, 0.05) is 0 Å². The van der Waals surface area contributed by atoms with Crippen LogP contribution in [0.1, 0.15) is 10.4 Å².